The zero-order valence-electron chi connectivity index (χ0n) is 13.7. The fourth-order valence-corrected chi connectivity index (χ4v) is 4.52. The number of sulfonamides is 1. The molecule has 3 rings (SSSR count). The molecule has 24 heavy (non-hydrogen) atoms. The fraction of sp³-hybridized carbons (Fsp3) is 0.438. The van der Waals surface area contributed by atoms with Crippen LogP contribution in [-0.4, -0.2) is 49.0 Å². The lowest BCUT2D eigenvalue weighted by molar-refractivity contribution is 0.166. The summed E-state index contributed by atoms with van der Waals surface area (Å²) < 4.78 is 33.3. The number of piperazine rings is 1. The van der Waals surface area contributed by atoms with Crippen molar-refractivity contribution >= 4 is 26.0 Å². The van der Waals surface area contributed by atoms with E-state index in [9.17, 15) is 8.42 Å². The Hall–Kier alpha value is -1.22. The molecule has 0 radical (unpaired) electrons. The molecular formula is C16H20BrN3O3S. The third-order valence-electron chi connectivity index (χ3n) is 4.15. The maximum Gasteiger partial charge on any atom is 0.243 e. The Morgan fingerprint density at radius 1 is 1.17 bits per heavy atom. The lowest BCUT2D eigenvalue weighted by atomic mass is 10.2. The molecule has 6 nitrogen and oxygen atoms in total. The second kappa shape index (κ2) is 6.95. The van der Waals surface area contributed by atoms with Crippen molar-refractivity contribution in [1.29, 1.82) is 0 Å². The van der Waals surface area contributed by atoms with Crippen molar-refractivity contribution in [1.82, 2.24) is 14.4 Å². The summed E-state index contributed by atoms with van der Waals surface area (Å²) in [5.74, 6) is 0.812. The molecule has 0 bridgehead atoms. The van der Waals surface area contributed by atoms with Gasteiger partial charge in [0.1, 0.15) is 0 Å². The first-order chi connectivity index (χ1) is 11.4. The van der Waals surface area contributed by atoms with Gasteiger partial charge in [-0.2, -0.15) is 4.31 Å². The van der Waals surface area contributed by atoms with E-state index in [2.05, 4.69) is 26.0 Å². The number of hydrogen-bond acceptors (Lipinski definition) is 5. The van der Waals surface area contributed by atoms with Gasteiger partial charge in [0.05, 0.1) is 17.1 Å². The van der Waals surface area contributed by atoms with Crippen LogP contribution < -0.4 is 0 Å². The largest absolute Gasteiger partial charge is 0.360 e. The molecule has 1 aliphatic rings. The smallest absolute Gasteiger partial charge is 0.243 e. The Labute approximate surface area is 150 Å². The van der Waals surface area contributed by atoms with Gasteiger partial charge in [-0.05, 0) is 37.6 Å². The second-order valence-electron chi connectivity index (χ2n) is 6.03. The minimum Gasteiger partial charge on any atom is -0.360 e. The van der Waals surface area contributed by atoms with Gasteiger partial charge in [-0.25, -0.2) is 8.42 Å². The van der Waals surface area contributed by atoms with Crippen molar-refractivity contribution < 1.29 is 12.9 Å². The maximum absolute atomic E-state index is 12.8. The van der Waals surface area contributed by atoms with Gasteiger partial charge in [-0.1, -0.05) is 21.1 Å². The lowest BCUT2D eigenvalue weighted by Gasteiger charge is -2.33. The van der Waals surface area contributed by atoms with Crippen LogP contribution in [0, 0.1) is 13.8 Å². The van der Waals surface area contributed by atoms with E-state index in [4.69, 9.17) is 4.52 Å². The fourth-order valence-electron chi connectivity index (χ4n) is 2.77. The summed E-state index contributed by atoms with van der Waals surface area (Å²) in [6, 6.07) is 7.05. The van der Waals surface area contributed by atoms with E-state index in [0.717, 1.165) is 21.5 Å². The van der Waals surface area contributed by atoms with Crippen LogP contribution in [0.4, 0.5) is 0 Å². The van der Waals surface area contributed by atoms with E-state index in [1.54, 1.807) is 22.5 Å². The molecule has 8 heteroatoms. The van der Waals surface area contributed by atoms with Crippen molar-refractivity contribution in [3.8, 4) is 0 Å². The normalized spacial score (nSPS) is 17.3. The number of halogens is 1. The molecule has 0 spiro atoms. The van der Waals surface area contributed by atoms with Gasteiger partial charge < -0.3 is 4.52 Å². The zero-order chi connectivity index (χ0) is 17.3. The topological polar surface area (TPSA) is 66.7 Å². The highest BCUT2D eigenvalue weighted by molar-refractivity contribution is 9.10. The number of rotatable bonds is 4. The molecule has 0 aliphatic carbocycles. The Morgan fingerprint density at radius 3 is 2.46 bits per heavy atom. The minimum absolute atomic E-state index is 0.350. The Bertz CT molecular complexity index is 827. The van der Waals surface area contributed by atoms with Crippen molar-refractivity contribution in [2.75, 3.05) is 26.2 Å². The minimum atomic E-state index is -3.44. The number of nitrogens with zero attached hydrogens (tertiary/aromatic N) is 3. The van der Waals surface area contributed by atoms with Gasteiger partial charge in [0.15, 0.2) is 5.76 Å². The molecule has 1 fully saturated rings. The van der Waals surface area contributed by atoms with E-state index >= 15 is 0 Å². The second-order valence-corrected chi connectivity index (χ2v) is 8.82. The number of benzene rings is 1. The summed E-state index contributed by atoms with van der Waals surface area (Å²) in [6.45, 7) is 6.74. The third kappa shape index (κ3) is 3.72. The van der Waals surface area contributed by atoms with Crippen molar-refractivity contribution in [3.05, 3.63) is 45.8 Å². The van der Waals surface area contributed by atoms with Crippen LogP contribution in [0.15, 0.2) is 38.2 Å². The number of hydrogen-bond donors (Lipinski definition) is 0. The molecule has 2 aromatic rings. The highest BCUT2D eigenvalue weighted by Crippen LogP contribution is 2.23. The standard InChI is InChI=1S/C16H20BrN3O3S/c1-12-9-15(3-4-16(12)17)24(21,22)20-7-5-19(6-8-20)11-14-10-13(2)18-23-14/h3-4,9-10H,5-8,11H2,1-2H3. The number of aromatic nitrogens is 1. The van der Waals surface area contributed by atoms with E-state index in [1.807, 2.05) is 19.9 Å². The molecule has 0 unspecified atom stereocenters. The van der Waals surface area contributed by atoms with Gasteiger partial charge in [0.25, 0.3) is 0 Å². The average Bonchev–Trinajstić information content (AvgIpc) is 2.95. The predicted molar refractivity (Wildman–Crippen MR) is 94.2 cm³/mol. The monoisotopic (exact) mass is 413 g/mol. The van der Waals surface area contributed by atoms with Gasteiger partial charge in [0, 0.05) is 36.7 Å². The highest BCUT2D eigenvalue weighted by Gasteiger charge is 2.29. The Kier molecular flexibility index (Phi) is 5.10. The van der Waals surface area contributed by atoms with Crippen LogP contribution in [0.1, 0.15) is 17.0 Å². The molecule has 1 saturated heterocycles. The molecule has 0 saturated carbocycles. The van der Waals surface area contributed by atoms with E-state index in [1.165, 1.54) is 0 Å². The van der Waals surface area contributed by atoms with Crippen LogP contribution in [0.5, 0.6) is 0 Å². The SMILES string of the molecule is Cc1cc(CN2CCN(S(=O)(=O)c3ccc(Br)c(C)c3)CC2)on1. The van der Waals surface area contributed by atoms with Crippen LogP contribution >= 0.6 is 15.9 Å². The Balaban J connectivity index is 1.65. The predicted octanol–water partition coefficient (Wildman–Crippen LogP) is 2.56. The summed E-state index contributed by atoms with van der Waals surface area (Å²) in [5.41, 5.74) is 1.77. The Morgan fingerprint density at radius 2 is 1.88 bits per heavy atom. The van der Waals surface area contributed by atoms with Gasteiger partial charge in [0.2, 0.25) is 10.0 Å². The first-order valence-electron chi connectivity index (χ1n) is 7.77. The van der Waals surface area contributed by atoms with E-state index < -0.39 is 10.0 Å². The van der Waals surface area contributed by atoms with Crippen LogP contribution in [0.25, 0.3) is 0 Å². The van der Waals surface area contributed by atoms with Crippen LogP contribution in [0.3, 0.4) is 0 Å². The third-order valence-corrected chi connectivity index (χ3v) is 6.94. The summed E-state index contributed by atoms with van der Waals surface area (Å²) in [7, 11) is -3.44. The summed E-state index contributed by atoms with van der Waals surface area (Å²) in [6.07, 6.45) is 0. The summed E-state index contributed by atoms with van der Waals surface area (Å²) >= 11 is 3.40. The number of aryl methyl sites for hydroxylation is 2. The maximum atomic E-state index is 12.8. The van der Waals surface area contributed by atoms with Gasteiger partial charge >= 0.3 is 0 Å². The molecule has 0 N–H and O–H groups in total. The van der Waals surface area contributed by atoms with Crippen LogP contribution in [-0.2, 0) is 16.6 Å². The molecule has 1 aromatic heterocycles. The zero-order valence-corrected chi connectivity index (χ0v) is 16.1. The lowest BCUT2D eigenvalue weighted by Crippen LogP contribution is -2.48. The molecule has 0 amide bonds. The van der Waals surface area contributed by atoms with Crippen molar-refractivity contribution in [2.45, 2.75) is 25.3 Å². The summed E-state index contributed by atoms with van der Waals surface area (Å²) in [5, 5.41) is 3.88. The highest BCUT2D eigenvalue weighted by atomic mass is 79.9. The van der Waals surface area contributed by atoms with Crippen LogP contribution in [0.2, 0.25) is 0 Å². The van der Waals surface area contributed by atoms with Crippen molar-refractivity contribution in [2.24, 2.45) is 0 Å². The summed E-state index contributed by atoms with van der Waals surface area (Å²) in [4.78, 5) is 2.53. The quantitative estimate of drug-likeness (QED) is 0.770. The first-order valence-corrected chi connectivity index (χ1v) is 10.0. The van der Waals surface area contributed by atoms with Crippen molar-refractivity contribution in [3.63, 3.8) is 0 Å². The average molecular weight is 414 g/mol. The first kappa shape index (κ1) is 17.6. The molecule has 2 heterocycles. The molecule has 1 aromatic carbocycles. The van der Waals surface area contributed by atoms with E-state index in [-0.39, 0.29) is 0 Å². The molecule has 0 atom stereocenters. The van der Waals surface area contributed by atoms with E-state index in [0.29, 0.717) is 37.6 Å². The molecule has 1 aliphatic heterocycles. The molecular weight excluding hydrogens is 394 g/mol. The van der Waals surface area contributed by atoms with Gasteiger partial charge in [-0.15, -0.1) is 0 Å². The van der Waals surface area contributed by atoms with Gasteiger partial charge in [-0.3, -0.25) is 4.90 Å². The molecule has 130 valence electrons.